The Morgan fingerprint density at radius 1 is 1.12 bits per heavy atom. The summed E-state index contributed by atoms with van der Waals surface area (Å²) >= 11 is 0. The van der Waals surface area contributed by atoms with E-state index in [0.717, 1.165) is 12.1 Å². The number of hydrogen-bond acceptors (Lipinski definition) is 1. The topological polar surface area (TPSA) is 26.0 Å². The van der Waals surface area contributed by atoms with Crippen LogP contribution >= 0.6 is 0 Å². The van der Waals surface area contributed by atoms with Crippen LogP contribution in [0.15, 0.2) is 35.9 Å². The first-order chi connectivity index (χ1) is 7.60. The van der Waals surface area contributed by atoms with Gasteiger partial charge in [-0.1, -0.05) is 32.1 Å². The molecule has 0 atom stereocenters. The molecule has 82 valence electrons. The van der Waals surface area contributed by atoms with Gasteiger partial charge in [0.05, 0.1) is 0 Å². The van der Waals surface area contributed by atoms with E-state index in [9.17, 15) is 0 Å². The van der Waals surface area contributed by atoms with Crippen LogP contribution in [0.1, 0.15) is 37.8 Å². The van der Waals surface area contributed by atoms with E-state index in [1.54, 1.807) is 0 Å². The molecule has 2 aliphatic carbocycles. The zero-order valence-corrected chi connectivity index (χ0v) is 9.88. The minimum absolute atomic E-state index is 0.148. The number of fused-ring (bicyclic) bond motifs is 3. The molecule has 2 N–H and O–H groups in total. The molecule has 0 radical (unpaired) electrons. The van der Waals surface area contributed by atoms with Gasteiger partial charge in [0.1, 0.15) is 0 Å². The van der Waals surface area contributed by atoms with Crippen molar-refractivity contribution in [3.8, 4) is 0 Å². The Hall–Kier alpha value is -1.50. The molecular formula is C15H17N. The van der Waals surface area contributed by atoms with Crippen LogP contribution in [0.5, 0.6) is 0 Å². The number of nitrogen functional groups attached to an aromatic ring is 1. The molecule has 16 heavy (non-hydrogen) atoms. The standard InChI is InChI=1S/C15H17N/c1-15(2)13-6-4-3-5-11(13)12-9-10(16)7-8-14(12)15/h5-9H,3-4,16H2,1-2H3. The summed E-state index contributed by atoms with van der Waals surface area (Å²) in [6, 6.07) is 6.32. The molecule has 0 saturated carbocycles. The third-order valence-corrected chi connectivity index (χ3v) is 3.83. The Morgan fingerprint density at radius 3 is 2.69 bits per heavy atom. The molecule has 3 rings (SSSR count). The zero-order valence-electron chi connectivity index (χ0n) is 9.88. The fourth-order valence-electron chi connectivity index (χ4n) is 3.00. The van der Waals surface area contributed by atoms with E-state index in [-0.39, 0.29) is 5.41 Å². The molecule has 1 aromatic rings. The number of rotatable bonds is 0. The molecule has 0 fully saturated rings. The average molecular weight is 211 g/mol. The van der Waals surface area contributed by atoms with Crippen molar-refractivity contribution in [2.24, 2.45) is 0 Å². The summed E-state index contributed by atoms with van der Waals surface area (Å²) in [7, 11) is 0. The predicted molar refractivity (Wildman–Crippen MR) is 69.2 cm³/mol. The first kappa shape index (κ1) is 9.71. The first-order valence-corrected chi connectivity index (χ1v) is 5.92. The lowest BCUT2D eigenvalue weighted by Gasteiger charge is -2.23. The summed E-state index contributed by atoms with van der Waals surface area (Å²) in [5.41, 5.74) is 12.6. The number of anilines is 1. The molecule has 0 heterocycles. The highest BCUT2D eigenvalue weighted by Crippen LogP contribution is 2.51. The lowest BCUT2D eigenvalue weighted by Crippen LogP contribution is -2.15. The molecule has 2 aliphatic rings. The number of benzene rings is 1. The zero-order chi connectivity index (χ0) is 11.3. The summed E-state index contributed by atoms with van der Waals surface area (Å²) in [6.07, 6.45) is 7.09. The maximum atomic E-state index is 5.89. The second kappa shape index (κ2) is 3.00. The smallest absolute Gasteiger partial charge is 0.0320 e. The first-order valence-electron chi connectivity index (χ1n) is 5.92. The van der Waals surface area contributed by atoms with Gasteiger partial charge in [0.2, 0.25) is 0 Å². The minimum Gasteiger partial charge on any atom is -0.399 e. The summed E-state index contributed by atoms with van der Waals surface area (Å²) in [5, 5.41) is 0. The van der Waals surface area contributed by atoms with Crippen molar-refractivity contribution < 1.29 is 0 Å². The van der Waals surface area contributed by atoms with Gasteiger partial charge in [0.25, 0.3) is 0 Å². The van der Waals surface area contributed by atoms with Gasteiger partial charge < -0.3 is 5.73 Å². The molecule has 1 aromatic carbocycles. The van der Waals surface area contributed by atoms with E-state index in [1.807, 2.05) is 6.07 Å². The van der Waals surface area contributed by atoms with Crippen molar-refractivity contribution in [3.05, 3.63) is 47.1 Å². The number of allylic oxidation sites excluding steroid dienone is 4. The molecule has 0 unspecified atom stereocenters. The molecule has 1 nitrogen and oxygen atoms in total. The molecule has 0 aliphatic heterocycles. The van der Waals surface area contributed by atoms with Crippen LogP contribution in [-0.2, 0) is 5.41 Å². The highest BCUT2D eigenvalue weighted by atomic mass is 14.6. The largest absolute Gasteiger partial charge is 0.399 e. The van der Waals surface area contributed by atoms with Crippen LogP contribution in [-0.4, -0.2) is 0 Å². The van der Waals surface area contributed by atoms with Gasteiger partial charge in [-0.3, -0.25) is 0 Å². The molecular weight excluding hydrogens is 194 g/mol. The highest BCUT2D eigenvalue weighted by Gasteiger charge is 2.38. The van der Waals surface area contributed by atoms with Gasteiger partial charge >= 0.3 is 0 Å². The van der Waals surface area contributed by atoms with Crippen LogP contribution in [0.4, 0.5) is 5.69 Å². The monoisotopic (exact) mass is 211 g/mol. The van der Waals surface area contributed by atoms with Gasteiger partial charge in [0.15, 0.2) is 0 Å². The summed E-state index contributed by atoms with van der Waals surface area (Å²) in [4.78, 5) is 0. The summed E-state index contributed by atoms with van der Waals surface area (Å²) in [6.45, 7) is 4.61. The lowest BCUT2D eigenvalue weighted by atomic mass is 9.80. The minimum atomic E-state index is 0.148. The van der Waals surface area contributed by atoms with E-state index >= 15 is 0 Å². The third-order valence-electron chi connectivity index (χ3n) is 3.83. The Balaban J connectivity index is 2.31. The molecule has 0 spiro atoms. The number of nitrogens with two attached hydrogens (primary N) is 1. The van der Waals surface area contributed by atoms with Crippen molar-refractivity contribution in [2.75, 3.05) is 5.73 Å². The molecule has 0 aromatic heterocycles. The predicted octanol–water partition coefficient (Wildman–Crippen LogP) is 3.66. The van der Waals surface area contributed by atoms with Crippen LogP contribution < -0.4 is 5.73 Å². The normalized spacial score (nSPS) is 20.9. The number of hydrogen-bond donors (Lipinski definition) is 1. The van der Waals surface area contributed by atoms with Crippen molar-refractivity contribution in [3.63, 3.8) is 0 Å². The van der Waals surface area contributed by atoms with Gasteiger partial charge in [-0.25, -0.2) is 0 Å². The second-order valence-electron chi connectivity index (χ2n) is 5.24. The Morgan fingerprint density at radius 2 is 1.88 bits per heavy atom. The van der Waals surface area contributed by atoms with Crippen molar-refractivity contribution in [1.82, 2.24) is 0 Å². The van der Waals surface area contributed by atoms with Crippen LogP contribution in [0, 0.1) is 0 Å². The van der Waals surface area contributed by atoms with Crippen molar-refractivity contribution >= 4 is 11.3 Å². The molecule has 0 bridgehead atoms. The quantitative estimate of drug-likeness (QED) is 0.651. The van der Waals surface area contributed by atoms with Gasteiger partial charge in [-0.2, -0.15) is 0 Å². The van der Waals surface area contributed by atoms with E-state index < -0.39 is 0 Å². The van der Waals surface area contributed by atoms with E-state index in [4.69, 9.17) is 5.73 Å². The lowest BCUT2D eigenvalue weighted by molar-refractivity contribution is 0.654. The fourth-order valence-corrected chi connectivity index (χ4v) is 3.00. The van der Waals surface area contributed by atoms with E-state index in [2.05, 4.69) is 38.1 Å². The molecule has 0 amide bonds. The maximum Gasteiger partial charge on any atom is 0.0320 e. The van der Waals surface area contributed by atoms with Crippen LogP contribution in [0.3, 0.4) is 0 Å². The van der Waals surface area contributed by atoms with E-state index in [1.165, 1.54) is 28.7 Å². The van der Waals surface area contributed by atoms with Gasteiger partial charge in [-0.15, -0.1) is 0 Å². The Kier molecular flexibility index (Phi) is 1.82. The summed E-state index contributed by atoms with van der Waals surface area (Å²) in [5.74, 6) is 0. The molecule has 1 heteroatoms. The van der Waals surface area contributed by atoms with Crippen molar-refractivity contribution in [1.29, 1.82) is 0 Å². The Bertz CT molecular complexity index is 518. The van der Waals surface area contributed by atoms with E-state index in [0.29, 0.717) is 0 Å². The van der Waals surface area contributed by atoms with Crippen LogP contribution in [0.25, 0.3) is 5.57 Å². The molecule has 0 saturated heterocycles. The van der Waals surface area contributed by atoms with Crippen LogP contribution in [0.2, 0.25) is 0 Å². The maximum absolute atomic E-state index is 5.89. The third kappa shape index (κ3) is 1.12. The van der Waals surface area contributed by atoms with Crippen molar-refractivity contribution in [2.45, 2.75) is 32.1 Å². The second-order valence-corrected chi connectivity index (χ2v) is 5.24. The SMILES string of the molecule is CC1(C)C2=CCCC=C2c2cc(N)ccc21. The fraction of sp³-hybridized carbons (Fsp3) is 0.333. The van der Waals surface area contributed by atoms with Gasteiger partial charge in [-0.05, 0) is 47.2 Å². The summed E-state index contributed by atoms with van der Waals surface area (Å²) < 4.78 is 0. The highest BCUT2D eigenvalue weighted by molar-refractivity contribution is 5.91. The average Bonchev–Trinajstić information content (AvgIpc) is 2.49. The Labute approximate surface area is 96.7 Å². The van der Waals surface area contributed by atoms with Gasteiger partial charge in [0, 0.05) is 11.1 Å².